The molecule has 2 aromatic rings. The van der Waals surface area contributed by atoms with Crippen molar-refractivity contribution in [1.29, 1.82) is 0 Å². The minimum absolute atomic E-state index is 0.0173. The van der Waals surface area contributed by atoms with E-state index in [0.29, 0.717) is 16.4 Å². The molecular formula is C29H40N4O4S. The van der Waals surface area contributed by atoms with Crippen LogP contribution in [0.15, 0.2) is 24.3 Å². The SMILES string of the molecule is COc1ccc(C(=O)Nc2nc3c(s2)C[C@]2(C)CC[C@H]([C@H](C)C(=O)N4CCN(C)CC4)[C@H](O)[C@H]2[C@@H]3C)cc1. The van der Waals surface area contributed by atoms with Gasteiger partial charge in [-0.25, -0.2) is 4.98 Å². The van der Waals surface area contributed by atoms with Gasteiger partial charge in [0.2, 0.25) is 5.91 Å². The lowest BCUT2D eigenvalue weighted by Crippen LogP contribution is -2.55. The van der Waals surface area contributed by atoms with Crippen molar-refractivity contribution in [1.82, 2.24) is 14.8 Å². The molecule has 3 aliphatic rings. The molecule has 5 rings (SSSR count). The number of aliphatic hydroxyl groups is 1. The zero-order chi connectivity index (χ0) is 27.2. The van der Waals surface area contributed by atoms with Gasteiger partial charge in [-0.3, -0.25) is 14.9 Å². The van der Waals surface area contributed by atoms with Gasteiger partial charge in [0.1, 0.15) is 5.75 Å². The summed E-state index contributed by atoms with van der Waals surface area (Å²) in [6.45, 7) is 9.74. The number of fused-ring (bicyclic) bond motifs is 2. The fourth-order valence-corrected chi connectivity index (χ4v) is 8.27. The number of methoxy groups -OCH3 is 1. The van der Waals surface area contributed by atoms with Gasteiger partial charge in [0.15, 0.2) is 5.13 Å². The molecule has 2 N–H and O–H groups in total. The molecule has 1 saturated heterocycles. The first kappa shape index (κ1) is 27.1. The van der Waals surface area contributed by atoms with Crippen LogP contribution in [0.4, 0.5) is 5.13 Å². The van der Waals surface area contributed by atoms with E-state index in [-0.39, 0.29) is 40.9 Å². The predicted molar refractivity (Wildman–Crippen MR) is 149 cm³/mol. The average Bonchev–Trinajstić information content (AvgIpc) is 3.30. The fourth-order valence-electron chi connectivity index (χ4n) is 7.01. The van der Waals surface area contributed by atoms with Gasteiger partial charge in [-0.05, 0) is 67.8 Å². The summed E-state index contributed by atoms with van der Waals surface area (Å²) in [4.78, 5) is 36.5. The van der Waals surface area contributed by atoms with E-state index in [2.05, 4.69) is 31.1 Å². The van der Waals surface area contributed by atoms with Crippen LogP contribution in [0, 0.1) is 23.2 Å². The Kier molecular flexibility index (Phi) is 7.55. The maximum absolute atomic E-state index is 13.4. The molecule has 0 spiro atoms. The largest absolute Gasteiger partial charge is 0.497 e. The molecule has 1 saturated carbocycles. The number of ether oxygens (including phenoxy) is 1. The van der Waals surface area contributed by atoms with Gasteiger partial charge in [0.05, 0.1) is 18.9 Å². The van der Waals surface area contributed by atoms with Crippen molar-refractivity contribution in [3.05, 3.63) is 40.4 Å². The number of likely N-dealkylation sites (N-methyl/N-ethyl adjacent to an activating group) is 1. The van der Waals surface area contributed by atoms with E-state index in [1.165, 1.54) is 4.88 Å². The van der Waals surface area contributed by atoms with E-state index in [1.54, 1.807) is 42.7 Å². The number of nitrogens with one attached hydrogen (secondary N) is 1. The van der Waals surface area contributed by atoms with Crippen LogP contribution in [-0.4, -0.2) is 78.1 Å². The molecule has 2 aliphatic carbocycles. The zero-order valence-electron chi connectivity index (χ0n) is 23.1. The molecule has 38 heavy (non-hydrogen) atoms. The highest BCUT2D eigenvalue weighted by atomic mass is 32.1. The second-order valence-electron chi connectivity index (χ2n) is 11.8. The van der Waals surface area contributed by atoms with E-state index in [4.69, 9.17) is 9.72 Å². The lowest BCUT2D eigenvalue weighted by Gasteiger charge is -2.53. The first-order valence-electron chi connectivity index (χ1n) is 13.7. The van der Waals surface area contributed by atoms with E-state index in [9.17, 15) is 14.7 Å². The summed E-state index contributed by atoms with van der Waals surface area (Å²) in [5.41, 5.74) is 1.45. The van der Waals surface area contributed by atoms with Crippen LogP contribution in [0.25, 0.3) is 0 Å². The van der Waals surface area contributed by atoms with Crippen LogP contribution in [0.5, 0.6) is 5.75 Å². The summed E-state index contributed by atoms with van der Waals surface area (Å²) in [6, 6.07) is 7.01. The lowest BCUT2D eigenvalue weighted by atomic mass is 9.53. The second kappa shape index (κ2) is 10.6. The molecule has 6 atom stereocenters. The Morgan fingerprint density at radius 1 is 1.21 bits per heavy atom. The third-order valence-corrected chi connectivity index (χ3v) is 10.3. The van der Waals surface area contributed by atoms with Crippen molar-refractivity contribution >= 4 is 28.3 Å². The smallest absolute Gasteiger partial charge is 0.257 e. The number of carbonyl (C=O) groups is 2. The molecule has 1 aromatic carbocycles. The molecular weight excluding hydrogens is 500 g/mol. The molecule has 1 aliphatic heterocycles. The maximum atomic E-state index is 13.4. The number of amides is 2. The summed E-state index contributed by atoms with van der Waals surface area (Å²) in [6.07, 6.45) is 2.08. The molecule has 206 valence electrons. The quantitative estimate of drug-likeness (QED) is 0.598. The Hall–Kier alpha value is -2.49. The monoisotopic (exact) mass is 540 g/mol. The Morgan fingerprint density at radius 2 is 1.89 bits per heavy atom. The topological polar surface area (TPSA) is 95.0 Å². The number of carbonyl (C=O) groups excluding carboxylic acids is 2. The number of aliphatic hydroxyl groups excluding tert-OH is 1. The van der Waals surface area contributed by atoms with Gasteiger partial charge in [0, 0.05) is 48.5 Å². The highest BCUT2D eigenvalue weighted by molar-refractivity contribution is 7.15. The number of aromatic nitrogens is 1. The number of hydrogen-bond donors (Lipinski definition) is 2. The standard InChI is InChI=1S/C29H40N4O4S/c1-17(27(36)33-14-12-32(4)13-15-33)21-10-11-29(3)16-22-24(18(2)23(29)25(21)34)30-28(38-22)31-26(35)19-6-8-20(37-5)9-7-19/h6-9,17-18,21,23,25,34H,10-16H2,1-5H3,(H,30,31,35)/t17-,18-,21+,23+,25-,29-/m0/s1. The highest BCUT2D eigenvalue weighted by Gasteiger charge is 2.54. The van der Waals surface area contributed by atoms with E-state index < -0.39 is 6.10 Å². The van der Waals surface area contributed by atoms with E-state index in [1.807, 2.05) is 11.8 Å². The van der Waals surface area contributed by atoms with Gasteiger partial charge in [0.25, 0.3) is 5.91 Å². The summed E-state index contributed by atoms with van der Waals surface area (Å²) < 4.78 is 5.18. The maximum Gasteiger partial charge on any atom is 0.257 e. The number of rotatable bonds is 5. The molecule has 9 heteroatoms. The van der Waals surface area contributed by atoms with Crippen molar-refractivity contribution in [3.8, 4) is 5.75 Å². The van der Waals surface area contributed by atoms with Gasteiger partial charge in [-0.15, -0.1) is 11.3 Å². The number of benzene rings is 1. The number of anilines is 1. The van der Waals surface area contributed by atoms with Crippen LogP contribution in [0.1, 0.15) is 60.5 Å². The Morgan fingerprint density at radius 3 is 2.55 bits per heavy atom. The number of thiazole rings is 1. The third kappa shape index (κ3) is 4.96. The highest BCUT2D eigenvalue weighted by Crippen LogP contribution is 2.57. The van der Waals surface area contributed by atoms with Gasteiger partial charge >= 0.3 is 0 Å². The van der Waals surface area contributed by atoms with Crippen LogP contribution >= 0.6 is 11.3 Å². The summed E-state index contributed by atoms with van der Waals surface area (Å²) in [7, 11) is 3.68. The minimum Gasteiger partial charge on any atom is -0.497 e. The van der Waals surface area contributed by atoms with Crippen molar-refractivity contribution in [2.75, 3.05) is 45.7 Å². The summed E-state index contributed by atoms with van der Waals surface area (Å²) in [5.74, 6) is 0.461. The summed E-state index contributed by atoms with van der Waals surface area (Å²) >= 11 is 1.54. The van der Waals surface area contributed by atoms with Crippen molar-refractivity contribution in [2.45, 2.75) is 52.1 Å². The number of piperazine rings is 1. The second-order valence-corrected chi connectivity index (χ2v) is 12.8. The van der Waals surface area contributed by atoms with Crippen molar-refractivity contribution < 1.29 is 19.4 Å². The Bertz CT molecular complexity index is 1180. The van der Waals surface area contributed by atoms with Crippen LogP contribution < -0.4 is 10.1 Å². The molecule has 8 nitrogen and oxygen atoms in total. The Labute approximate surface area is 229 Å². The number of nitrogens with zero attached hydrogens (tertiary/aromatic N) is 3. The lowest BCUT2D eigenvalue weighted by molar-refractivity contribution is -0.146. The van der Waals surface area contributed by atoms with Crippen molar-refractivity contribution in [3.63, 3.8) is 0 Å². The molecule has 2 amide bonds. The number of hydrogen-bond acceptors (Lipinski definition) is 7. The van der Waals surface area contributed by atoms with Gasteiger partial charge in [-0.2, -0.15) is 0 Å². The average molecular weight is 541 g/mol. The molecule has 0 unspecified atom stereocenters. The van der Waals surface area contributed by atoms with Crippen LogP contribution in [-0.2, 0) is 11.2 Å². The Balaban J connectivity index is 1.31. The van der Waals surface area contributed by atoms with E-state index in [0.717, 1.165) is 51.1 Å². The van der Waals surface area contributed by atoms with Gasteiger partial charge in [-0.1, -0.05) is 20.8 Å². The normalized spacial score (nSPS) is 30.2. The van der Waals surface area contributed by atoms with E-state index >= 15 is 0 Å². The first-order valence-corrected chi connectivity index (χ1v) is 14.5. The third-order valence-electron chi connectivity index (χ3n) is 9.34. The minimum atomic E-state index is -0.567. The fraction of sp³-hybridized carbons (Fsp3) is 0.621. The molecule has 2 fully saturated rings. The van der Waals surface area contributed by atoms with Crippen molar-refractivity contribution in [2.24, 2.45) is 23.2 Å². The molecule has 2 heterocycles. The molecule has 0 bridgehead atoms. The van der Waals surface area contributed by atoms with Crippen LogP contribution in [0.2, 0.25) is 0 Å². The first-order chi connectivity index (χ1) is 18.1. The molecule has 0 radical (unpaired) electrons. The van der Waals surface area contributed by atoms with Gasteiger partial charge < -0.3 is 19.6 Å². The van der Waals surface area contributed by atoms with Crippen LogP contribution in [0.3, 0.4) is 0 Å². The predicted octanol–water partition coefficient (Wildman–Crippen LogP) is 3.87. The zero-order valence-corrected chi connectivity index (χ0v) is 23.9. The summed E-state index contributed by atoms with van der Waals surface area (Å²) in [5, 5.41) is 15.3. The molecule has 1 aromatic heterocycles.